The highest BCUT2D eigenvalue weighted by Crippen LogP contribution is 2.35. The minimum absolute atomic E-state index is 0.148. The summed E-state index contributed by atoms with van der Waals surface area (Å²) in [5.74, 6) is -1.43. The Kier molecular flexibility index (Phi) is 9.54. The van der Waals surface area contributed by atoms with Gasteiger partial charge in [0, 0.05) is 38.5 Å². The molecule has 218 valence electrons. The third-order valence-electron chi connectivity index (χ3n) is 5.63. The summed E-state index contributed by atoms with van der Waals surface area (Å²) in [4.78, 5) is 47.2. The Labute approximate surface area is 232 Å². The first-order chi connectivity index (χ1) is 19.1. The van der Waals surface area contributed by atoms with E-state index in [4.69, 9.17) is 37.9 Å². The van der Waals surface area contributed by atoms with Crippen molar-refractivity contribution in [3.05, 3.63) is 22.7 Å². The van der Waals surface area contributed by atoms with Crippen molar-refractivity contribution in [3.8, 4) is 11.5 Å². The highest BCUT2D eigenvalue weighted by molar-refractivity contribution is 7.08. The fraction of sp³-hybridized carbons (Fsp3) is 0.583. The van der Waals surface area contributed by atoms with Gasteiger partial charge in [-0.3, -0.25) is 19.2 Å². The first-order valence-corrected chi connectivity index (χ1v) is 13.2. The quantitative estimate of drug-likeness (QED) is 0.283. The standard InChI is InChI=1S/C24H29N3O12S/c1-12(28)32-9-18-21(35-13(2)29)22(36-14(3)30)23(37-15(4)31)24(39-18)34-7-16-5-27(26-25-16)6-17-8-33-19-10-40-11-20(19)38-17/h5,10-11,17-18,21-24H,6-9H2,1-4H3/t17?,18-,21-,22+,23+,24+/m1/s1. The molecule has 2 aromatic rings. The van der Waals surface area contributed by atoms with Crippen LogP contribution in [0.15, 0.2) is 17.0 Å². The van der Waals surface area contributed by atoms with Gasteiger partial charge in [0.1, 0.15) is 25.0 Å². The average molecular weight is 584 g/mol. The van der Waals surface area contributed by atoms with Crippen molar-refractivity contribution >= 4 is 35.2 Å². The molecule has 0 saturated carbocycles. The van der Waals surface area contributed by atoms with Gasteiger partial charge in [-0.25, -0.2) is 4.68 Å². The zero-order chi connectivity index (χ0) is 28.8. The molecule has 1 saturated heterocycles. The number of nitrogens with zero attached hydrogens (tertiary/aromatic N) is 3. The van der Waals surface area contributed by atoms with Crippen molar-refractivity contribution in [2.45, 2.75) is 77.7 Å². The Hall–Kier alpha value is -3.76. The summed E-state index contributed by atoms with van der Waals surface area (Å²) in [6.07, 6.45) is -5.01. The van der Waals surface area contributed by atoms with Crippen molar-refractivity contribution in [2.75, 3.05) is 13.2 Å². The van der Waals surface area contributed by atoms with Crippen molar-refractivity contribution < 1.29 is 57.1 Å². The van der Waals surface area contributed by atoms with E-state index >= 15 is 0 Å². The Morgan fingerprint density at radius 1 is 0.950 bits per heavy atom. The number of carbonyl (C=O) groups is 4. The number of ether oxygens (including phenoxy) is 8. The fourth-order valence-electron chi connectivity index (χ4n) is 4.14. The van der Waals surface area contributed by atoms with E-state index in [1.807, 2.05) is 10.8 Å². The van der Waals surface area contributed by atoms with Crippen LogP contribution in [0.2, 0.25) is 0 Å². The van der Waals surface area contributed by atoms with Crippen molar-refractivity contribution in [2.24, 2.45) is 0 Å². The van der Waals surface area contributed by atoms with Crippen LogP contribution in [0.3, 0.4) is 0 Å². The minimum atomic E-state index is -1.33. The Morgan fingerprint density at radius 3 is 2.33 bits per heavy atom. The van der Waals surface area contributed by atoms with Gasteiger partial charge < -0.3 is 37.9 Å². The van der Waals surface area contributed by atoms with Crippen molar-refractivity contribution in [3.63, 3.8) is 0 Å². The molecule has 0 bridgehead atoms. The van der Waals surface area contributed by atoms with Crippen LogP contribution in [0.4, 0.5) is 0 Å². The lowest BCUT2D eigenvalue weighted by Gasteiger charge is -2.43. The molecule has 40 heavy (non-hydrogen) atoms. The molecule has 0 N–H and O–H groups in total. The molecule has 2 aromatic heterocycles. The molecule has 16 heteroatoms. The predicted molar refractivity (Wildman–Crippen MR) is 131 cm³/mol. The molecule has 2 aliphatic heterocycles. The number of hydrogen-bond acceptors (Lipinski definition) is 15. The lowest BCUT2D eigenvalue weighted by Crippen LogP contribution is -2.62. The van der Waals surface area contributed by atoms with Crippen molar-refractivity contribution in [1.29, 1.82) is 0 Å². The largest absolute Gasteiger partial charge is 0.485 e. The molecule has 4 heterocycles. The number of aromatic nitrogens is 3. The second kappa shape index (κ2) is 13.1. The SMILES string of the molecule is CC(=O)OC[C@H]1O[C@H](OCc2cn(CC3COc4cscc4O3)nn2)[C@@H](OC(C)=O)[C@@H](OC(C)=O)[C@@H]1OC(C)=O. The van der Waals surface area contributed by atoms with Crippen LogP contribution in [0.25, 0.3) is 0 Å². The van der Waals surface area contributed by atoms with E-state index in [1.165, 1.54) is 18.3 Å². The number of esters is 4. The fourth-order valence-corrected chi connectivity index (χ4v) is 4.82. The maximum absolute atomic E-state index is 11.9. The van der Waals surface area contributed by atoms with Crippen LogP contribution < -0.4 is 9.47 Å². The number of thiophene rings is 1. The molecule has 0 aromatic carbocycles. The van der Waals surface area contributed by atoms with Crippen LogP contribution >= 0.6 is 11.3 Å². The van der Waals surface area contributed by atoms with E-state index in [-0.39, 0.29) is 19.3 Å². The smallest absolute Gasteiger partial charge is 0.303 e. The molecule has 2 aliphatic rings. The van der Waals surface area contributed by atoms with Gasteiger partial charge in [-0.2, -0.15) is 0 Å². The van der Waals surface area contributed by atoms with Crippen LogP contribution in [-0.2, 0) is 60.8 Å². The van der Waals surface area contributed by atoms with E-state index in [2.05, 4.69) is 10.3 Å². The Bertz CT molecular complexity index is 1220. The number of fused-ring (bicyclic) bond motifs is 1. The summed E-state index contributed by atoms with van der Waals surface area (Å²) in [5, 5.41) is 11.9. The van der Waals surface area contributed by atoms with Crippen LogP contribution in [0.5, 0.6) is 11.5 Å². The van der Waals surface area contributed by atoms with Gasteiger partial charge in [0.2, 0.25) is 0 Å². The van der Waals surface area contributed by atoms with Gasteiger partial charge in [0.05, 0.1) is 19.3 Å². The molecule has 0 aliphatic carbocycles. The molecular formula is C24H29N3O12S. The normalized spacial score (nSPS) is 25.5. The maximum atomic E-state index is 11.9. The maximum Gasteiger partial charge on any atom is 0.303 e. The molecular weight excluding hydrogens is 554 g/mol. The molecule has 4 rings (SSSR count). The first kappa shape index (κ1) is 29.2. The van der Waals surface area contributed by atoms with E-state index in [9.17, 15) is 19.2 Å². The first-order valence-electron chi connectivity index (χ1n) is 12.3. The van der Waals surface area contributed by atoms with Gasteiger partial charge in [-0.1, -0.05) is 5.21 Å². The van der Waals surface area contributed by atoms with Crippen LogP contribution in [0, 0.1) is 0 Å². The molecule has 6 atom stereocenters. The van der Waals surface area contributed by atoms with Gasteiger partial charge in [0.25, 0.3) is 0 Å². The third kappa shape index (κ3) is 7.67. The molecule has 15 nitrogen and oxygen atoms in total. The molecule has 0 radical (unpaired) electrons. The summed E-state index contributed by atoms with van der Waals surface area (Å²) in [6.45, 7) is 4.82. The van der Waals surface area contributed by atoms with E-state index in [0.29, 0.717) is 30.3 Å². The number of hydrogen-bond donors (Lipinski definition) is 0. The van der Waals surface area contributed by atoms with Crippen LogP contribution in [0.1, 0.15) is 33.4 Å². The van der Waals surface area contributed by atoms with Crippen molar-refractivity contribution in [1.82, 2.24) is 15.0 Å². The lowest BCUT2D eigenvalue weighted by atomic mass is 9.98. The second-order valence-electron chi connectivity index (χ2n) is 8.96. The summed E-state index contributed by atoms with van der Waals surface area (Å²) in [5.41, 5.74) is 0.404. The summed E-state index contributed by atoms with van der Waals surface area (Å²) in [6, 6.07) is 0. The lowest BCUT2D eigenvalue weighted by molar-refractivity contribution is -0.310. The monoisotopic (exact) mass is 583 g/mol. The Morgan fingerprint density at radius 2 is 1.62 bits per heavy atom. The zero-order valence-corrected chi connectivity index (χ0v) is 23.0. The van der Waals surface area contributed by atoms with Crippen LogP contribution in [-0.4, -0.2) is 88.9 Å². The molecule has 0 amide bonds. The van der Waals surface area contributed by atoms with E-state index in [0.717, 1.165) is 20.8 Å². The Balaban J connectivity index is 1.47. The van der Waals surface area contributed by atoms with Gasteiger partial charge in [-0.15, -0.1) is 16.4 Å². The highest BCUT2D eigenvalue weighted by atomic mass is 32.1. The third-order valence-corrected chi connectivity index (χ3v) is 6.33. The van der Waals surface area contributed by atoms with Gasteiger partial charge in [0.15, 0.2) is 42.2 Å². The minimum Gasteiger partial charge on any atom is -0.485 e. The summed E-state index contributed by atoms with van der Waals surface area (Å²) < 4.78 is 46.1. The van der Waals surface area contributed by atoms with Gasteiger partial charge >= 0.3 is 23.9 Å². The zero-order valence-electron chi connectivity index (χ0n) is 22.2. The topological polar surface area (TPSA) is 173 Å². The molecule has 1 unspecified atom stereocenters. The number of rotatable bonds is 10. The van der Waals surface area contributed by atoms with E-state index < -0.39 is 54.6 Å². The predicted octanol–water partition coefficient (Wildman–Crippen LogP) is 0.779. The summed E-state index contributed by atoms with van der Waals surface area (Å²) >= 11 is 1.48. The average Bonchev–Trinajstić information content (AvgIpc) is 3.52. The highest BCUT2D eigenvalue weighted by Gasteiger charge is 2.52. The van der Waals surface area contributed by atoms with E-state index in [1.54, 1.807) is 10.9 Å². The molecule has 1 fully saturated rings. The number of carbonyl (C=O) groups excluding carboxylic acids is 4. The molecule has 0 spiro atoms. The second-order valence-corrected chi connectivity index (χ2v) is 9.71. The summed E-state index contributed by atoms with van der Waals surface area (Å²) in [7, 11) is 0. The van der Waals surface area contributed by atoms with Gasteiger partial charge in [-0.05, 0) is 0 Å².